The zero-order valence-electron chi connectivity index (χ0n) is 6.66. The third kappa shape index (κ3) is 1.40. The number of amides is 2. The third-order valence-corrected chi connectivity index (χ3v) is 2.74. The molecule has 1 aliphatic rings. The normalized spacial score (nSPS) is 24.9. The Kier molecular flexibility index (Phi) is 2.54. The Labute approximate surface area is 70.1 Å². The molecule has 0 aromatic heterocycles. The number of rotatable bonds is 2. The Morgan fingerprint density at radius 3 is 2.55 bits per heavy atom. The molecule has 0 radical (unpaired) electrons. The Bertz CT molecular complexity index is 193. The lowest BCUT2D eigenvalue weighted by atomic mass is 10.4. The largest absolute Gasteiger partial charge is 0.282 e. The van der Waals surface area contributed by atoms with Crippen molar-refractivity contribution in [1.29, 1.82) is 0 Å². The fraction of sp³-hybridized carbons (Fsp3) is 0.714. The molecule has 1 atom stereocenters. The fourth-order valence-electron chi connectivity index (χ4n) is 1.17. The van der Waals surface area contributed by atoms with Crippen LogP contribution in [-0.2, 0) is 9.59 Å². The predicted octanol–water partition coefficient (Wildman–Crippen LogP) is 0.497. The van der Waals surface area contributed by atoms with E-state index in [0.29, 0.717) is 13.0 Å². The molecule has 1 heterocycles. The number of hydrogen-bond donors (Lipinski definition) is 0. The first kappa shape index (κ1) is 8.59. The minimum absolute atomic E-state index is 0.0231. The van der Waals surface area contributed by atoms with E-state index in [4.69, 9.17) is 0 Å². The summed E-state index contributed by atoms with van der Waals surface area (Å²) in [5.41, 5.74) is 0. The second-order valence-electron chi connectivity index (χ2n) is 2.40. The van der Waals surface area contributed by atoms with Gasteiger partial charge in [-0.05, 0) is 13.2 Å². The smallest absolute Gasteiger partial charge is 0.242 e. The van der Waals surface area contributed by atoms with Crippen LogP contribution in [-0.4, -0.2) is 34.8 Å². The quantitative estimate of drug-likeness (QED) is 0.570. The van der Waals surface area contributed by atoms with Gasteiger partial charge in [-0.15, -0.1) is 0 Å². The molecule has 1 rings (SSSR count). The Morgan fingerprint density at radius 2 is 2.27 bits per heavy atom. The maximum absolute atomic E-state index is 11.3. The molecule has 2 amide bonds. The summed E-state index contributed by atoms with van der Waals surface area (Å²) in [6.07, 6.45) is 2.24. The van der Waals surface area contributed by atoms with Gasteiger partial charge in [0.15, 0.2) is 0 Å². The van der Waals surface area contributed by atoms with Gasteiger partial charge in [0.05, 0.1) is 5.25 Å². The molecular formula is C7H11NO2S. The topological polar surface area (TPSA) is 37.4 Å². The number of nitrogens with zero attached hydrogens (tertiary/aromatic N) is 1. The van der Waals surface area contributed by atoms with Crippen molar-refractivity contribution in [3.05, 3.63) is 0 Å². The first-order valence-corrected chi connectivity index (χ1v) is 4.86. The minimum atomic E-state index is -0.123. The zero-order chi connectivity index (χ0) is 8.43. The maximum Gasteiger partial charge on any atom is 0.242 e. The van der Waals surface area contributed by atoms with Gasteiger partial charge in [-0.2, -0.15) is 11.8 Å². The van der Waals surface area contributed by atoms with Crippen molar-refractivity contribution in [3.8, 4) is 0 Å². The number of thioether (sulfide) groups is 1. The van der Waals surface area contributed by atoms with Gasteiger partial charge in [0.2, 0.25) is 11.8 Å². The lowest BCUT2D eigenvalue weighted by Crippen LogP contribution is -2.30. The van der Waals surface area contributed by atoms with Crippen LogP contribution in [0.5, 0.6) is 0 Å². The van der Waals surface area contributed by atoms with Crippen molar-refractivity contribution < 1.29 is 9.59 Å². The molecule has 1 saturated heterocycles. The molecule has 0 aromatic carbocycles. The van der Waals surface area contributed by atoms with E-state index in [9.17, 15) is 9.59 Å². The molecule has 0 spiro atoms. The van der Waals surface area contributed by atoms with Crippen molar-refractivity contribution in [2.24, 2.45) is 0 Å². The van der Waals surface area contributed by atoms with E-state index in [1.54, 1.807) is 0 Å². The maximum atomic E-state index is 11.3. The second kappa shape index (κ2) is 3.26. The second-order valence-corrected chi connectivity index (χ2v) is 3.45. The lowest BCUT2D eigenvalue weighted by Gasteiger charge is -2.09. The van der Waals surface area contributed by atoms with Gasteiger partial charge in [0.25, 0.3) is 0 Å². The molecule has 0 bridgehead atoms. The van der Waals surface area contributed by atoms with Gasteiger partial charge in [0.1, 0.15) is 0 Å². The van der Waals surface area contributed by atoms with Crippen LogP contribution >= 0.6 is 11.8 Å². The monoisotopic (exact) mass is 173 g/mol. The van der Waals surface area contributed by atoms with Crippen LogP contribution < -0.4 is 0 Å². The molecule has 0 N–H and O–H groups in total. The molecule has 1 fully saturated rings. The van der Waals surface area contributed by atoms with Gasteiger partial charge >= 0.3 is 0 Å². The van der Waals surface area contributed by atoms with E-state index in [1.165, 1.54) is 16.7 Å². The molecule has 11 heavy (non-hydrogen) atoms. The summed E-state index contributed by atoms with van der Waals surface area (Å²) >= 11 is 1.45. The summed E-state index contributed by atoms with van der Waals surface area (Å²) in [5, 5.41) is -0.123. The average Bonchev–Trinajstić information content (AvgIpc) is 2.26. The molecule has 3 nitrogen and oxygen atoms in total. The fourth-order valence-corrected chi connectivity index (χ4v) is 1.81. The van der Waals surface area contributed by atoms with Gasteiger partial charge < -0.3 is 0 Å². The standard InChI is InChI=1S/C7H11NO2S/c1-3-8-6(9)4-5(11-2)7(8)10/h5H,3-4H2,1-2H3. The summed E-state index contributed by atoms with van der Waals surface area (Å²) in [6, 6.07) is 0. The number of likely N-dealkylation sites (tertiary alicyclic amines) is 1. The van der Waals surface area contributed by atoms with Gasteiger partial charge in [-0.1, -0.05) is 0 Å². The number of imide groups is 1. The first-order chi connectivity index (χ1) is 5.20. The zero-order valence-corrected chi connectivity index (χ0v) is 7.48. The summed E-state index contributed by atoms with van der Waals surface area (Å²) < 4.78 is 0. The lowest BCUT2D eigenvalue weighted by molar-refractivity contribution is -0.137. The third-order valence-electron chi connectivity index (χ3n) is 1.80. The van der Waals surface area contributed by atoms with Crippen LogP contribution in [0.3, 0.4) is 0 Å². The summed E-state index contributed by atoms with van der Waals surface area (Å²) in [5.74, 6) is -0.0538. The van der Waals surface area contributed by atoms with Crippen LogP contribution in [0.1, 0.15) is 13.3 Å². The van der Waals surface area contributed by atoms with Crippen LogP contribution in [0.25, 0.3) is 0 Å². The van der Waals surface area contributed by atoms with Crippen molar-refractivity contribution in [1.82, 2.24) is 4.90 Å². The van der Waals surface area contributed by atoms with E-state index in [0.717, 1.165) is 0 Å². The van der Waals surface area contributed by atoms with Crippen LogP contribution in [0.15, 0.2) is 0 Å². The van der Waals surface area contributed by atoms with Crippen molar-refractivity contribution in [2.45, 2.75) is 18.6 Å². The Morgan fingerprint density at radius 1 is 1.64 bits per heavy atom. The number of carbonyl (C=O) groups is 2. The Hall–Kier alpha value is -0.510. The van der Waals surface area contributed by atoms with E-state index in [2.05, 4.69) is 0 Å². The summed E-state index contributed by atoms with van der Waals surface area (Å²) in [7, 11) is 0. The molecule has 0 aromatic rings. The molecule has 0 aliphatic carbocycles. The highest BCUT2D eigenvalue weighted by Crippen LogP contribution is 2.22. The molecule has 1 unspecified atom stereocenters. The first-order valence-electron chi connectivity index (χ1n) is 3.57. The summed E-state index contributed by atoms with van der Waals surface area (Å²) in [4.78, 5) is 23.7. The number of hydrogen-bond acceptors (Lipinski definition) is 3. The van der Waals surface area contributed by atoms with Gasteiger partial charge in [-0.3, -0.25) is 14.5 Å². The van der Waals surface area contributed by atoms with Crippen LogP contribution in [0.4, 0.5) is 0 Å². The van der Waals surface area contributed by atoms with Gasteiger partial charge in [0, 0.05) is 13.0 Å². The van der Waals surface area contributed by atoms with E-state index >= 15 is 0 Å². The van der Waals surface area contributed by atoms with Crippen molar-refractivity contribution in [3.63, 3.8) is 0 Å². The molecule has 0 saturated carbocycles. The summed E-state index contributed by atoms with van der Waals surface area (Å²) in [6.45, 7) is 2.33. The van der Waals surface area contributed by atoms with E-state index in [-0.39, 0.29) is 17.1 Å². The Balaban J connectivity index is 2.71. The predicted molar refractivity (Wildman–Crippen MR) is 44.3 cm³/mol. The highest BCUT2D eigenvalue weighted by Gasteiger charge is 2.36. The molecule has 1 aliphatic heterocycles. The van der Waals surface area contributed by atoms with Crippen LogP contribution in [0, 0.1) is 0 Å². The highest BCUT2D eigenvalue weighted by atomic mass is 32.2. The van der Waals surface area contributed by atoms with E-state index < -0.39 is 0 Å². The number of carbonyl (C=O) groups excluding carboxylic acids is 2. The van der Waals surface area contributed by atoms with Crippen LogP contribution in [0.2, 0.25) is 0 Å². The van der Waals surface area contributed by atoms with Crippen molar-refractivity contribution >= 4 is 23.6 Å². The average molecular weight is 173 g/mol. The minimum Gasteiger partial charge on any atom is -0.282 e. The van der Waals surface area contributed by atoms with Gasteiger partial charge in [-0.25, -0.2) is 0 Å². The molecule has 4 heteroatoms. The van der Waals surface area contributed by atoms with Crippen molar-refractivity contribution in [2.75, 3.05) is 12.8 Å². The van der Waals surface area contributed by atoms with E-state index in [1.807, 2.05) is 13.2 Å². The highest BCUT2D eigenvalue weighted by molar-refractivity contribution is 8.00. The molecular weight excluding hydrogens is 162 g/mol. The SMILES string of the molecule is CCN1C(=O)CC(SC)C1=O. The molecule has 62 valence electrons.